The van der Waals surface area contributed by atoms with E-state index in [0.29, 0.717) is 6.04 Å². The summed E-state index contributed by atoms with van der Waals surface area (Å²) in [5.41, 5.74) is 7.10. The van der Waals surface area contributed by atoms with Crippen LogP contribution in [0.4, 0.5) is 5.82 Å². The number of piperidine rings is 1. The third-order valence-electron chi connectivity index (χ3n) is 8.02. The van der Waals surface area contributed by atoms with Gasteiger partial charge in [-0.05, 0) is 78.9 Å². The Morgan fingerprint density at radius 1 is 1.05 bits per heavy atom. The highest BCUT2D eigenvalue weighted by Gasteiger charge is 2.40. The van der Waals surface area contributed by atoms with Crippen molar-refractivity contribution in [3.05, 3.63) is 42.2 Å². The van der Waals surface area contributed by atoms with Gasteiger partial charge in [0, 0.05) is 53.2 Å². The maximum absolute atomic E-state index is 5.92. The van der Waals surface area contributed by atoms with E-state index in [1.165, 1.54) is 6.42 Å². The number of thiazole rings is 1. The van der Waals surface area contributed by atoms with E-state index in [4.69, 9.17) is 19.9 Å². The van der Waals surface area contributed by atoms with Crippen LogP contribution in [0.25, 0.3) is 32.6 Å². The lowest BCUT2D eigenvalue weighted by Crippen LogP contribution is -2.62. The lowest BCUT2D eigenvalue weighted by atomic mass is 9.79. The lowest BCUT2D eigenvalue weighted by molar-refractivity contribution is -0.0394. The van der Waals surface area contributed by atoms with E-state index in [0.717, 1.165) is 77.3 Å². The van der Waals surface area contributed by atoms with E-state index in [-0.39, 0.29) is 17.3 Å². The number of nitrogens with one attached hydrogen (secondary N) is 1. The number of hydrogen-bond acceptors (Lipinski definition) is 8. The first-order valence-corrected chi connectivity index (χ1v) is 15.0. The standard InChI is InChI=1S/C30H39N7OS/c1-6-36(21-15-29(2,3)35-30(4,5)16-21)25-13-12-24(33-34-25)23-11-10-22(27-28(23)39-19-31-27)20-17-32-37(18-20)26-9-7-8-14-38-26/h10-13,17-19,21,26,35H,6-9,14-16H2,1-5H3. The zero-order chi connectivity index (χ0) is 27.2. The molecule has 0 saturated carbocycles. The van der Waals surface area contributed by atoms with E-state index in [2.05, 4.69) is 80.4 Å². The predicted octanol–water partition coefficient (Wildman–Crippen LogP) is 6.45. The van der Waals surface area contributed by atoms with Crippen LogP contribution in [0.15, 0.2) is 42.2 Å². The number of benzene rings is 1. The number of hydrogen-bond donors (Lipinski definition) is 1. The van der Waals surface area contributed by atoms with Crippen LogP contribution in [0.2, 0.25) is 0 Å². The molecular weight excluding hydrogens is 506 g/mol. The molecule has 9 heteroatoms. The van der Waals surface area contributed by atoms with Gasteiger partial charge in [0.2, 0.25) is 0 Å². The Labute approximate surface area is 234 Å². The summed E-state index contributed by atoms with van der Waals surface area (Å²) in [5.74, 6) is 0.939. The molecule has 2 aliphatic heterocycles. The summed E-state index contributed by atoms with van der Waals surface area (Å²) < 4.78 is 8.99. The van der Waals surface area contributed by atoms with E-state index >= 15 is 0 Å². The highest BCUT2D eigenvalue weighted by molar-refractivity contribution is 7.17. The second-order valence-electron chi connectivity index (χ2n) is 12.2. The molecule has 2 fully saturated rings. The highest BCUT2D eigenvalue weighted by Crippen LogP contribution is 2.38. The van der Waals surface area contributed by atoms with Gasteiger partial charge >= 0.3 is 0 Å². The topological polar surface area (TPSA) is 81.0 Å². The molecule has 39 heavy (non-hydrogen) atoms. The molecule has 2 aliphatic rings. The molecule has 2 saturated heterocycles. The minimum absolute atomic E-state index is 0.0243. The fourth-order valence-corrected chi connectivity index (χ4v) is 7.51. The van der Waals surface area contributed by atoms with Crippen molar-refractivity contribution in [2.24, 2.45) is 0 Å². The van der Waals surface area contributed by atoms with Gasteiger partial charge in [0.05, 0.1) is 27.6 Å². The Balaban J connectivity index is 1.27. The van der Waals surface area contributed by atoms with Crippen LogP contribution in [0.5, 0.6) is 0 Å². The fourth-order valence-electron chi connectivity index (χ4n) is 6.67. The molecule has 5 heterocycles. The van der Waals surface area contributed by atoms with Gasteiger partial charge in [0.15, 0.2) is 5.82 Å². The van der Waals surface area contributed by atoms with Crippen LogP contribution in [-0.4, -0.2) is 55.2 Å². The summed E-state index contributed by atoms with van der Waals surface area (Å²) in [7, 11) is 0. The minimum atomic E-state index is 0.0243. The van der Waals surface area contributed by atoms with Crippen molar-refractivity contribution in [3.63, 3.8) is 0 Å². The van der Waals surface area contributed by atoms with Gasteiger partial charge in [-0.25, -0.2) is 9.67 Å². The third-order valence-corrected chi connectivity index (χ3v) is 8.88. The smallest absolute Gasteiger partial charge is 0.151 e. The molecular formula is C30H39N7OS. The Bertz CT molecular complexity index is 1420. The second kappa shape index (κ2) is 10.3. The van der Waals surface area contributed by atoms with Crippen molar-refractivity contribution in [3.8, 4) is 22.4 Å². The largest absolute Gasteiger partial charge is 0.357 e. The van der Waals surface area contributed by atoms with Crippen molar-refractivity contribution in [1.29, 1.82) is 0 Å². The molecule has 206 valence electrons. The molecule has 1 aromatic carbocycles. The fraction of sp³-hybridized carbons (Fsp3) is 0.533. The maximum atomic E-state index is 5.92. The summed E-state index contributed by atoms with van der Waals surface area (Å²) in [6.45, 7) is 13.1. The first-order valence-electron chi connectivity index (χ1n) is 14.2. The van der Waals surface area contributed by atoms with Gasteiger partial charge in [-0.2, -0.15) is 5.10 Å². The Kier molecular flexibility index (Phi) is 6.93. The number of aromatic nitrogens is 5. The van der Waals surface area contributed by atoms with Crippen LogP contribution in [-0.2, 0) is 4.74 Å². The van der Waals surface area contributed by atoms with Crippen molar-refractivity contribution < 1.29 is 4.74 Å². The molecule has 8 nitrogen and oxygen atoms in total. The number of ether oxygens (including phenoxy) is 1. The van der Waals surface area contributed by atoms with E-state index in [1.54, 1.807) is 11.3 Å². The van der Waals surface area contributed by atoms with Gasteiger partial charge in [-0.15, -0.1) is 21.5 Å². The molecule has 4 aromatic rings. The predicted molar refractivity (Wildman–Crippen MR) is 158 cm³/mol. The van der Waals surface area contributed by atoms with Crippen LogP contribution >= 0.6 is 11.3 Å². The van der Waals surface area contributed by atoms with Crippen LogP contribution in [0.3, 0.4) is 0 Å². The molecule has 6 rings (SSSR count). The van der Waals surface area contributed by atoms with Gasteiger partial charge in [-0.1, -0.05) is 12.1 Å². The molecule has 0 spiro atoms. The average Bonchev–Trinajstić information content (AvgIpc) is 3.59. The molecule has 0 amide bonds. The highest BCUT2D eigenvalue weighted by atomic mass is 32.1. The molecule has 0 radical (unpaired) electrons. The summed E-state index contributed by atoms with van der Waals surface area (Å²) >= 11 is 1.64. The van der Waals surface area contributed by atoms with Crippen molar-refractivity contribution in [2.45, 2.75) is 90.1 Å². The third kappa shape index (κ3) is 5.32. The van der Waals surface area contributed by atoms with Crippen molar-refractivity contribution >= 4 is 27.4 Å². The molecule has 0 bridgehead atoms. The van der Waals surface area contributed by atoms with E-state index in [9.17, 15) is 0 Å². The Morgan fingerprint density at radius 2 is 1.85 bits per heavy atom. The number of nitrogens with zero attached hydrogens (tertiary/aromatic N) is 6. The number of anilines is 1. The summed E-state index contributed by atoms with van der Waals surface area (Å²) in [6.07, 6.45) is 9.47. The van der Waals surface area contributed by atoms with E-state index < -0.39 is 0 Å². The second-order valence-corrected chi connectivity index (χ2v) is 13.1. The number of fused-ring (bicyclic) bond motifs is 1. The number of rotatable bonds is 6. The molecule has 1 unspecified atom stereocenters. The van der Waals surface area contributed by atoms with Crippen LogP contribution < -0.4 is 10.2 Å². The van der Waals surface area contributed by atoms with Gasteiger partial charge < -0.3 is 15.0 Å². The SMILES string of the molecule is CCN(c1ccc(-c2ccc(-c3cnn(C4CCCCO4)c3)c3ncsc23)nn1)C1CC(C)(C)NC(C)(C)C1. The van der Waals surface area contributed by atoms with Crippen molar-refractivity contribution in [2.75, 3.05) is 18.1 Å². The molecule has 3 aromatic heterocycles. The Morgan fingerprint density at radius 3 is 2.54 bits per heavy atom. The molecule has 1 N–H and O–H groups in total. The quantitative estimate of drug-likeness (QED) is 0.298. The summed E-state index contributed by atoms with van der Waals surface area (Å²) in [5, 5.41) is 17.9. The van der Waals surface area contributed by atoms with E-state index in [1.807, 2.05) is 16.4 Å². The van der Waals surface area contributed by atoms with Gasteiger partial charge in [0.25, 0.3) is 0 Å². The summed E-state index contributed by atoms with van der Waals surface area (Å²) in [6, 6.07) is 8.92. The molecule has 0 aliphatic carbocycles. The van der Waals surface area contributed by atoms with Gasteiger partial charge in [-0.3, -0.25) is 0 Å². The maximum Gasteiger partial charge on any atom is 0.151 e. The zero-order valence-corrected chi connectivity index (χ0v) is 24.5. The van der Waals surface area contributed by atoms with Crippen LogP contribution in [0.1, 0.15) is 73.0 Å². The lowest BCUT2D eigenvalue weighted by Gasteiger charge is -2.49. The summed E-state index contributed by atoms with van der Waals surface area (Å²) in [4.78, 5) is 7.16. The average molecular weight is 546 g/mol. The molecule has 1 atom stereocenters. The first-order chi connectivity index (χ1) is 18.7. The minimum Gasteiger partial charge on any atom is -0.357 e. The monoisotopic (exact) mass is 545 g/mol. The van der Waals surface area contributed by atoms with Crippen LogP contribution in [0, 0.1) is 0 Å². The van der Waals surface area contributed by atoms with Crippen molar-refractivity contribution in [1.82, 2.24) is 30.3 Å². The Hall–Kier alpha value is -2.88. The zero-order valence-electron chi connectivity index (χ0n) is 23.6. The first kappa shape index (κ1) is 26.3. The normalized spacial score (nSPS) is 21.3. The van der Waals surface area contributed by atoms with Gasteiger partial charge in [0.1, 0.15) is 6.23 Å².